The van der Waals surface area contributed by atoms with Crippen LogP contribution >= 0.6 is 0 Å². The Balaban J connectivity index is 1.62. The number of nitrogens with one attached hydrogen (secondary N) is 1. The number of alkyl halides is 2. The van der Waals surface area contributed by atoms with E-state index in [9.17, 15) is 21.6 Å². The smallest absolute Gasteiger partial charge is 0.355 e. The van der Waals surface area contributed by atoms with Crippen LogP contribution in [0.3, 0.4) is 0 Å². The van der Waals surface area contributed by atoms with E-state index in [4.69, 9.17) is 10.5 Å². The minimum absolute atomic E-state index is 0.0465. The van der Waals surface area contributed by atoms with Gasteiger partial charge < -0.3 is 10.5 Å². The molecule has 0 radical (unpaired) electrons. The number of rotatable bonds is 8. The molecule has 0 aliphatic carbocycles. The van der Waals surface area contributed by atoms with Gasteiger partial charge in [0.05, 0.1) is 22.8 Å². The first-order valence-corrected chi connectivity index (χ1v) is 13.0. The Morgan fingerprint density at radius 2 is 1.82 bits per heavy atom. The highest BCUT2D eigenvalue weighted by atomic mass is 32.2. The fourth-order valence-corrected chi connectivity index (χ4v) is 4.69. The number of hydrogen-bond donors (Lipinski definition) is 2. The van der Waals surface area contributed by atoms with Crippen LogP contribution in [0.15, 0.2) is 61.1 Å². The number of ether oxygens (including phenoxy) is 1. The third kappa shape index (κ3) is 5.10. The number of nitrogens with zero attached hydrogens (tertiary/aromatic N) is 5. The van der Waals surface area contributed by atoms with Crippen molar-refractivity contribution in [2.75, 3.05) is 10.5 Å². The average Bonchev–Trinajstić information content (AvgIpc) is 3.48. The molecule has 14 heteroatoms. The number of benzene rings is 2. The van der Waals surface area contributed by atoms with Crippen LogP contribution in [-0.2, 0) is 30.7 Å². The van der Waals surface area contributed by atoms with E-state index in [1.165, 1.54) is 42.5 Å². The van der Waals surface area contributed by atoms with Crippen molar-refractivity contribution >= 4 is 32.4 Å². The summed E-state index contributed by atoms with van der Waals surface area (Å²) < 4.78 is 74.3. The Kier molecular flexibility index (Phi) is 6.64. The average molecular weight is 558 g/mol. The molecular weight excluding hydrogens is 535 g/mol. The predicted octanol–water partition coefficient (Wildman–Crippen LogP) is 4.30. The van der Waals surface area contributed by atoms with Gasteiger partial charge >= 0.3 is 5.76 Å². The Bertz CT molecular complexity index is 1790. The van der Waals surface area contributed by atoms with Crippen LogP contribution in [0.1, 0.15) is 5.56 Å². The standard InChI is InChI=1S/C25H22F3N7O3S/c1-34-12-16(10-31-34)18-11-30-24(29)21-22(32-35(2)23(18)21)15-5-8-19(33-39(36,37)25(27)28)20(9-15)38-13-14-3-6-17(26)7-4-14/h3-12,25,33H,13H2,1-2H3,(H2,29,30). The van der Waals surface area contributed by atoms with Crippen LogP contribution in [0, 0.1) is 5.82 Å². The van der Waals surface area contributed by atoms with Gasteiger partial charge in [0.25, 0.3) is 10.0 Å². The monoisotopic (exact) mass is 557 g/mol. The molecule has 0 aliphatic rings. The molecule has 0 unspecified atom stereocenters. The summed E-state index contributed by atoms with van der Waals surface area (Å²) >= 11 is 0. The van der Waals surface area contributed by atoms with E-state index in [-0.39, 0.29) is 23.9 Å². The van der Waals surface area contributed by atoms with Gasteiger partial charge in [0.1, 0.15) is 29.7 Å². The van der Waals surface area contributed by atoms with Crippen molar-refractivity contribution in [3.63, 3.8) is 0 Å². The zero-order chi connectivity index (χ0) is 27.9. The Morgan fingerprint density at radius 3 is 2.49 bits per heavy atom. The van der Waals surface area contributed by atoms with Gasteiger partial charge in [0.2, 0.25) is 0 Å². The Labute approximate surface area is 220 Å². The first-order valence-electron chi connectivity index (χ1n) is 11.4. The minimum Gasteiger partial charge on any atom is -0.487 e. The van der Waals surface area contributed by atoms with E-state index in [1.807, 2.05) is 10.9 Å². The summed E-state index contributed by atoms with van der Waals surface area (Å²) in [6.07, 6.45) is 5.13. The molecule has 3 N–H and O–H groups in total. The number of aryl methyl sites for hydroxylation is 2. The maximum absolute atomic E-state index is 13.3. The molecule has 39 heavy (non-hydrogen) atoms. The lowest BCUT2D eigenvalue weighted by Gasteiger charge is -2.15. The summed E-state index contributed by atoms with van der Waals surface area (Å²) in [4.78, 5) is 4.33. The third-order valence-corrected chi connectivity index (χ3v) is 6.93. The van der Waals surface area contributed by atoms with Crippen molar-refractivity contribution in [2.45, 2.75) is 12.4 Å². The van der Waals surface area contributed by atoms with E-state index in [1.54, 1.807) is 35.9 Å². The molecule has 5 aromatic rings. The first kappa shape index (κ1) is 26.0. The number of aromatic nitrogens is 5. The molecule has 0 spiro atoms. The van der Waals surface area contributed by atoms with Gasteiger partial charge in [-0.3, -0.25) is 14.1 Å². The molecule has 0 bridgehead atoms. The topological polar surface area (TPSA) is 130 Å². The summed E-state index contributed by atoms with van der Waals surface area (Å²) in [6, 6.07) is 9.72. The summed E-state index contributed by atoms with van der Waals surface area (Å²) in [5.41, 5.74) is 9.73. The van der Waals surface area contributed by atoms with E-state index in [0.29, 0.717) is 27.7 Å². The quantitative estimate of drug-likeness (QED) is 0.291. The number of nitrogen functional groups attached to an aromatic ring is 1. The van der Waals surface area contributed by atoms with Gasteiger partial charge in [-0.1, -0.05) is 18.2 Å². The van der Waals surface area contributed by atoms with Crippen LogP contribution in [0.2, 0.25) is 0 Å². The molecule has 0 aliphatic heterocycles. The predicted molar refractivity (Wildman–Crippen MR) is 140 cm³/mol. The zero-order valence-corrected chi connectivity index (χ0v) is 21.5. The van der Waals surface area contributed by atoms with Crippen LogP contribution in [-0.4, -0.2) is 38.7 Å². The highest BCUT2D eigenvalue weighted by Gasteiger charge is 2.26. The molecule has 0 amide bonds. The second kappa shape index (κ2) is 9.94. The van der Waals surface area contributed by atoms with Crippen molar-refractivity contribution in [1.29, 1.82) is 0 Å². The third-order valence-electron chi connectivity index (χ3n) is 5.96. The van der Waals surface area contributed by atoms with Gasteiger partial charge in [-0.15, -0.1) is 0 Å². The number of anilines is 2. The van der Waals surface area contributed by atoms with Gasteiger partial charge in [0, 0.05) is 43.2 Å². The van der Waals surface area contributed by atoms with E-state index in [0.717, 1.165) is 11.1 Å². The molecule has 5 rings (SSSR count). The number of pyridine rings is 1. The molecular formula is C25H22F3N7O3S. The fourth-order valence-electron chi connectivity index (χ4n) is 4.12. The van der Waals surface area contributed by atoms with E-state index >= 15 is 0 Å². The van der Waals surface area contributed by atoms with Crippen LogP contribution in [0.5, 0.6) is 5.75 Å². The summed E-state index contributed by atoms with van der Waals surface area (Å²) in [5, 5.41) is 9.37. The Morgan fingerprint density at radius 1 is 1.08 bits per heavy atom. The fraction of sp³-hybridized carbons (Fsp3) is 0.160. The summed E-state index contributed by atoms with van der Waals surface area (Å²) in [6.45, 7) is -0.0923. The van der Waals surface area contributed by atoms with Crippen molar-refractivity contribution in [1.82, 2.24) is 24.5 Å². The number of hydrogen-bond acceptors (Lipinski definition) is 7. The maximum Gasteiger partial charge on any atom is 0.355 e. The van der Waals surface area contributed by atoms with Crippen molar-refractivity contribution < 1.29 is 26.3 Å². The largest absolute Gasteiger partial charge is 0.487 e. The highest BCUT2D eigenvalue weighted by molar-refractivity contribution is 7.93. The van der Waals surface area contributed by atoms with E-state index < -0.39 is 21.6 Å². The molecule has 10 nitrogen and oxygen atoms in total. The molecule has 0 saturated heterocycles. The van der Waals surface area contributed by atoms with Gasteiger partial charge in [-0.05, 0) is 29.8 Å². The zero-order valence-electron chi connectivity index (χ0n) is 20.6. The molecule has 0 atom stereocenters. The van der Waals surface area contributed by atoms with Gasteiger partial charge in [-0.25, -0.2) is 17.8 Å². The van der Waals surface area contributed by atoms with Crippen molar-refractivity contribution in [2.24, 2.45) is 14.1 Å². The Hall–Kier alpha value is -4.59. The van der Waals surface area contributed by atoms with Crippen molar-refractivity contribution in [3.8, 4) is 28.1 Å². The molecule has 202 valence electrons. The summed E-state index contributed by atoms with van der Waals surface area (Å²) in [7, 11) is -1.45. The highest BCUT2D eigenvalue weighted by Crippen LogP contribution is 2.39. The molecule has 2 aromatic carbocycles. The number of nitrogens with two attached hydrogens (primary N) is 1. The second-order valence-corrected chi connectivity index (χ2v) is 10.3. The molecule has 0 saturated carbocycles. The lowest BCUT2D eigenvalue weighted by Crippen LogP contribution is -2.21. The molecule has 3 aromatic heterocycles. The lowest BCUT2D eigenvalue weighted by molar-refractivity contribution is 0.236. The van der Waals surface area contributed by atoms with Crippen LogP contribution in [0.4, 0.5) is 24.7 Å². The summed E-state index contributed by atoms with van der Waals surface area (Å²) in [5.74, 6) is -3.93. The number of sulfonamides is 1. The molecule has 3 heterocycles. The van der Waals surface area contributed by atoms with Crippen molar-refractivity contribution in [3.05, 3.63) is 72.4 Å². The van der Waals surface area contributed by atoms with Gasteiger partial charge in [0.15, 0.2) is 0 Å². The van der Waals surface area contributed by atoms with Crippen LogP contribution in [0.25, 0.3) is 33.3 Å². The van der Waals surface area contributed by atoms with Crippen LogP contribution < -0.4 is 15.2 Å². The van der Waals surface area contributed by atoms with E-state index in [2.05, 4.69) is 15.2 Å². The lowest BCUT2D eigenvalue weighted by atomic mass is 10.0. The van der Waals surface area contributed by atoms with Gasteiger partial charge in [-0.2, -0.15) is 19.0 Å². The normalized spacial score (nSPS) is 11.8. The number of halogens is 3. The minimum atomic E-state index is -4.98. The second-order valence-electron chi connectivity index (χ2n) is 8.69. The maximum atomic E-state index is 13.3. The molecule has 0 fully saturated rings. The number of fused-ring (bicyclic) bond motifs is 1. The SMILES string of the molecule is Cn1cc(-c2cnc(N)c3c(-c4ccc(NS(=O)(=O)C(F)F)c(OCc5ccc(F)cc5)c4)nn(C)c23)cn1. The first-order chi connectivity index (χ1) is 18.5.